The van der Waals surface area contributed by atoms with E-state index in [1.807, 2.05) is 27.7 Å². The van der Waals surface area contributed by atoms with Gasteiger partial charge in [-0.1, -0.05) is 64.7 Å². The number of rotatable bonds is 11. The first-order valence-electron chi connectivity index (χ1n) is 9.92. The van der Waals surface area contributed by atoms with E-state index in [-0.39, 0.29) is 11.6 Å². The van der Waals surface area contributed by atoms with Crippen molar-refractivity contribution in [3.63, 3.8) is 0 Å². The van der Waals surface area contributed by atoms with Crippen LogP contribution in [0.1, 0.15) is 98.8 Å². The molecule has 0 aromatic rings. The first-order chi connectivity index (χ1) is 11.3. The summed E-state index contributed by atoms with van der Waals surface area (Å²) in [5.41, 5.74) is -0.892. The topological polar surface area (TPSA) is 38.8 Å². The molecule has 0 bridgehead atoms. The maximum Gasteiger partial charge on any atom is 0.412 e. The number of carbonyl (C=O) groups excluding carboxylic acids is 1. The third-order valence-electron chi connectivity index (χ3n) is 4.83. The molecule has 1 aliphatic rings. The molecule has 0 radical (unpaired) electrons. The zero-order valence-corrected chi connectivity index (χ0v) is 16.7. The SMILES string of the molecule is CCCCCCCCCCCCOC(=O)N1C(C)(C)COC1(C)C. The molecule has 1 rings (SSSR count). The highest BCUT2D eigenvalue weighted by molar-refractivity contribution is 5.69. The summed E-state index contributed by atoms with van der Waals surface area (Å²) in [6.45, 7) is 11.2. The average Bonchev–Trinajstić information content (AvgIpc) is 2.73. The molecule has 1 aliphatic heterocycles. The fraction of sp³-hybridized carbons (Fsp3) is 0.950. The standard InChI is InChI=1S/C20H39NO3/c1-6-7-8-9-10-11-12-13-14-15-16-23-18(22)21-19(2,3)17-24-20(21,4)5/h6-17H2,1-5H3. The summed E-state index contributed by atoms with van der Waals surface area (Å²) < 4.78 is 11.2. The van der Waals surface area contributed by atoms with E-state index in [0.717, 1.165) is 12.8 Å². The Kier molecular flexibility index (Phi) is 9.11. The zero-order chi connectivity index (χ0) is 18.1. The van der Waals surface area contributed by atoms with Gasteiger partial charge in [0.15, 0.2) is 0 Å². The molecule has 0 aliphatic carbocycles. The molecule has 1 amide bonds. The molecule has 4 heteroatoms. The Morgan fingerprint density at radius 1 is 0.917 bits per heavy atom. The van der Waals surface area contributed by atoms with E-state index in [9.17, 15) is 4.79 Å². The van der Waals surface area contributed by atoms with Gasteiger partial charge in [-0.2, -0.15) is 0 Å². The van der Waals surface area contributed by atoms with Crippen molar-refractivity contribution in [1.82, 2.24) is 4.90 Å². The summed E-state index contributed by atoms with van der Waals surface area (Å²) in [5.74, 6) is 0. The molecule has 1 saturated heterocycles. The first kappa shape index (κ1) is 21.3. The molecule has 0 aromatic carbocycles. The van der Waals surface area contributed by atoms with Gasteiger partial charge in [-0.3, -0.25) is 4.90 Å². The number of hydrogen-bond donors (Lipinski definition) is 0. The maximum atomic E-state index is 12.4. The van der Waals surface area contributed by atoms with E-state index in [1.165, 1.54) is 51.4 Å². The van der Waals surface area contributed by atoms with Crippen molar-refractivity contribution < 1.29 is 14.3 Å². The van der Waals surface area contributed by atoms with E-state index < -0.39 is 5.72 Å². The second-order valence-electron chi connectivity index (χ2n) is 8.18. The van der Waals surface area contributed by atoms with Crippen LogP contribution in [0.4, 0.5) is 4.79 Å². The second-order valence-corrected chi connectivity index (χ2v) is 8.18. The Bertz CT molecular complexity index is 350. The van der Waals surface area contributed by atoms with Crippen LogP contribution in [0.2, 0.25) is 0 Å². The van der Waals surface area contributed by atoms with Gasteiger partial charge < -0.3 is 9.47 Å². The second kappa shape index (κ2) is 10.3. The Morgan fingerprint density at radius 2 is 1.42 bits per heavy atom. The summed E-state index contributed by atoms with van der Waals surface area (Å²) in [5, 5.41) is 0. The lowest BCUT2D eigenvalue weighted by molar-refractivity contribution is -0.0519. The van der Waals surface area contributed by atoms with Crippen molar-refractivity contribution in [1.29, 1.82) is 0 Å². The molecule has 1 fully saturated rings. The molecular weight excluding hydrogens is 302 g/mol. The smallest absolute Gasteiger partial charge is 0.412 e. The summed E-state index contributed by atoms with van der Waals surface area (Å²) in [6, 6.07) is 0. The Hall–Kier alpha value is -0.770. The molecule has 0 unspecified atom stereocenters. The fourth-order valence-corrected chi connectivity index (χ4v) is 3.49. The van der Waals surface area contributed by atoms with E-state index in [0.29, 0.717) is 13.2 Å². The van der Waals surface area contributed by atoms with E-state index in [2.05, 4.69) is 6.92 Å². The Balaban J connectivity index is 2.06. The van der Waals surface area contributed by atoms with Gasteiger partial charge in [0.05, 0.1) is 18.8 Å². The van der Waals surface area contributed by atoms with Crippen LogP contribution in [-0.4, -0.2) is 35.5 Å². The van der Waals surface area contributed by atoms with Crippen LogP contribution in [0.25, 0.3) is 0 Å². The van der Waals surface area contributed by atoms with Crippen LogP contribution < -0.4 is 0 Å². The predicted molar refractivity (Wildman–Crippen MR) is 99.1 cm³/mol. The van der Waals surface area contributed by atoms with Crippen molar-refractivity contribution in [2.45, 2.75) is 110 Å². The Morgan fingerprint density at radius 3 is 1.88 bits per heavy atom. The van der Waals surface area contributed by atoms with Crippen molar-refractivity contribution in [2.24, 2.45) is 0 Å². The Labute approximate surface area is 149 Å². The molecule has 1 heterocycles. The predicted octanol–water partition coefficient (Wildman–Crippen LogP) is 5.89. The largest absolute Gasteiger partial charge is 0.449 e. The first-order valence-corrected chi connectivity index (χ1v) is 9.92. The van der Waals surface area contributed by atoms with Crippen LogP contribution in [0, 0.1) is 0 Å². The summed E-state index contributed by atoms with van der Waals surface area (Å²) in [6.07, 6.45) is 12.6. The van der Waals surface area contributed by atoms with Gasteiger partial charge in [0, 0.05) is 0 Å². The maximum absolute atomic E-state index is 12.4. The molecule has 4 nitrogen and oxygen atoms in total. The molecule has 0 N–H and O–H groups in total. The van der Waals surface area contributed by atoms with Gasteiger partial charge in [0.2, 0.25) is 0 Å². The van der Waals surface area contributed by atoms with E-state index in [4.69, 9.17) is 9.47 Å². The molecule has 0 atom stereocenters. The number of hydrogen-bond acceptors (Lipinski definition) is 3. The van der Waals surface area contributed by atoms with Crippen LogP contribution >= 0.6 is 0 Å². The van der Waals surface area contributed by atoms with E-state index >= 15 is 0 Å². The van der Waals surface area contributed by atoms with Crippen LogP contribution in [0.5, 0.6) is 0 Å². The third-order valence-corrected chi connectivity index (χ3v) is 4.83. The van der Waals surface area contributed by atoms with Crippen molar-refractivity contribution in [3.8, 4) is 0 Å². The quantitative estimate of drug-likeness (QED) is 0.440. The molecule has 0 saturated carbocycles. The van der Waals surface area contributed by atoms with Crippen LogP contribution in [0.15, 0.2) is 0 Å². The minimum atomic E-state index is -0.585. The van der Waals surface area contributed by atoms with Crippen molar-refractivity contribution in [2.75, 3.05) is 13.2 Å². The van der Waals surface area contributed by atoms with Gasteiger partial charge in [0.25, 0.3) is 0 Å². The minimum Gasteiger partial charge on any atom is -0.449 e. The van der Waals surface area contributed by atoms with Gasteiger partial charge in [-0.25, -0.2) is 4.79 Å². The van der Waals surface area contributed by atoms with Gasteiger partial charge in [0.1, 0.15) is 5.72 Å². The lowest BCUT2D eigenvalue weighted by Gasteiger charge is -2.36. The van der Waals surface area contributed by atoms with Gasteiger partial charge in [-0.15, -0.1) is 0 Å². The molecule has 0 aromatic heterocycles. The monoisotopic (exact) mass is 341 g/mol. The highest BCUT2D eigenvalue weighted by Gasteiger charge is 2.49. The van der Waals surface area contributed by atoms with Crippen molar-refractivity contribution >= 4 is 6.09 Å². The minimum absolute atomic E-state index is 0.251. The lowest BCUT2D eigenvalue weighted by atomic mass is 10.0. The normalized spacial score (nSPS) is 18.8. The number of nitrogens with zero attached hydrogens (tertiary/aromatic N) is 1. The van der Waals surface area contributed by atoms with Gasteiger partial charge >= 0.3 is 6.09 Å². The number of amides is 1. The molecule has 24 heavy (non-hydrogen) atoms. The zero-order valence-electron chi connectivity index (χ0n) is 16.7. The summed E-state index contributed by atoms with van der Waals surface area (Å²) in [4.78, 5) is 14.1. The lowest BCUT2D eigenvalue weighted by Crippen LogP contribution is -2.52. The fourth-order valence-electron chi connectivity index (χ4n) is 3.49. The van der Waals surface area contributed by atoms with Crippen LogP contribution in [-0.2, 0) is 9.47 Å². The molecule has 0 spiro atoms. The highest BCUT2D eigenvalue weighted by Crippen LogP contribution is 2.35. The number of ether oxygens (including phenoxy) is 2. The molecule has 142 valence electrons. The molecular formula is C20H39NO3. The number of carbonyl (C=O) groups is 1. The van der Waals surface area contributed by atoms with Crippen LogP contribution in [0.3, 0.4) is 0 Å². The van der Waals surface area contributed by atoms with E-state index in [1.54, 1.807) is 4.90 Å². The highest BCUT2D eigenvalue weighted by atomic mass is 16.6. The third kappa shape index (κ3) is 7.00. The summed E-state index contributed by atoms with van der Waals surface area (Å²) in [7, 11) is 0. The van der Waals surface area contributed by atoms with Gasteiger partial charge in [-0.05, 0) is 34.1 Å². The summed E-state index contributed by atoms with van der Waals surface area (Å²) >= 11 is 0. The van der Waals surface area contributed by atoms with Crippen molar-refractivity contribution in [3.05, 3.63) is 0 Å². The number of unbranched alkanes of at least 4 members (excludes halogenated alkanes) is 9. The average molecular weight is 342 g/mol.